The quantitative estimate of drug-likeness (QED) is 0.0444. The van der Waals surface area contributed by atoms with E-state index in [2.05, 4.69) is 10.6 Å². The molecule has 0 aliphatic heterocycles. The van der Waals surface area contributed by atoms with Gasteiger partial charge in [-0.05, 0) is 153 Å². The molecule has 4 atom stereocenters. The molecule has 0 heterocycles. The molecule has 14 nitrogen and oxygen atoms in total. The van der Waals surface area contributed by atoms with E-state index in [-0.39, 0.29) is 0 Å². The third-order valence-electron chi connectivity index (χ3n) is 11.3. The summed E-state index contributed by atoms with van der Waals surface area (Å²) in [5.74, 6) is 1.24. The fourth-order valence-corrected chi connectivity index (χ4v) is 19.8. The Morgan fingerprint density at radius 1 is 0.371 bits per heavy atom. The van der Waals surface area contributed by atoms with E-state index in [0.29, 0.717) is 103 Å². The lowest BCUT2D eigenvalue weighted by Gasteiger charge is -2.36. The molecule has 0 saturated heterocycles. The second-order valence-electron chi connectivity index (χ2n) is 15.9. The Bertz CT molecular complexity index is 904. The molecule has 0 spiro atoms. The van der Waals surface area contributed by atoms with Crippen molar-refractivity contribution < 1.29 is 53.1 Å². The summed E-state index contributed by atoms with van der Waals surface area (Å²) in [6, 6.07) is 3.80. The second-order valence-corrected chi connectivity index (χ2v) is 26.8. The summed E-state index contributed by atoms with van der Waals surface area (Å²) in [4.78, 5) is 0. The number of rotatable bonds is 44. The van der Waals surface area contributed by atoms with Crippen molar-refractivity contribution in [1.29, 1.82) is 0 Å². The summed E-state index contributed by atoms with van der Waals surface area (Å²) in [5.41, 5.74) is 0. The van der Waals surface area contributed by atoms with E-state index in [1.807, 2.05) is 83.1 Å². The maximum absolute atomic E-state index is 6.32. The zero-order chi connectivity index (χ0) is 46.0. The van der Waals surface area contributed by atoms with Crippen molar-refractivity contribution in [1.82, 2.24) is 10.6 Å². The molecule has 1 saturated carbocycles. The highest BCUT2D eigenvalue weighted by atomic mass is 28.4. The van der Waals surface area contributed by atoms with Crippen molar-refractivity contribution in [2.24, 2.45) is 11.8 Å². The molecule has 1 aliphatic rings. The van der Waals surface area contributed by atoms with Gasteiger partial charge in [0.2, 0.25) is 0 Å². The van der Waals surface area contributed by atoms with E-state index in [0.717, 1.165) is 75.8 Å². The first-order chi connectivity index (χ1) is 30.0. The lowest BCUT2D eigenvalue weighted by atomic mass is 9.76. The van der Waals surface area contributed by atoms with E-state index >= 15 is 0 Å². The summed E-state index contributed by atoms with van der Waals surface area (Å²) in [6.45, 7) is 33.1. The van der Waals surface area contributed by atoms with Crippen molar-refractivity contribution in [2.75, 3.05) is 92.4 Å². The molecule has 0 bridgehead atoms. The number of hydrogen-bond acceptors (Lipinski definition) is 14. The minimum absolute atomic E-state index is 0.309. The normalized spacial score (nSPS) is 17.8. The van der Waals surface area contributed by atoms with E-state index in [1.54, 1.807) is 0 Å². The van der Waals surface area contributed by atoms with Gasteiger partial charge in [0.25, 0.3) is 0 Å². The van der Waals surface area contributed by atoms with Gasteiger partial charge in [0.1, 0.15) is 0 Å². The Hall–Kier alpha value is 0.308. The maximum atomic E-state index is 6.32. The van der Waals surface area contributed by atoms with Crippen molar-refractivity contribution in [3.63, 3.8) is 0 Å². The lowest BCUT2D eigenvalue weighted by Crippen LogP contribution is -2.48. The molecule has 0 amide bonds. The highest BCUT2D eigenvalue weighted by Gasteiger charge is 2.44. The van der Waals surface area contributed by atoms with Crippen LogP contribution in [0.1, 0.15) is 147 Å². The van der Waals surface area contributed by atoms with E-state index in [4.69, 9.17) is 53.1 Å². The molecule has 1 fully saturated rings. The molecule has 1 rings (SSSR count). The van der Waals surface area contributed by atoms with Crippen molar-refractivity contribution in [3.05, 3.63) is 0 Å². The second kappa shape index (κ2) is 36.4. The first-order valence-corrected chi connectivity index (χ1v) is 32.9. The van der Waals surface area contributed by atoms with Gasteiger partial charge in [0, 0.05) is 116 Å². The Morgan fingerprint density at radius 2 is 0.613 bits per heavy atom. The van der Waals surface area contributed by atoms with Gasteiger partial charge in [-0.3, -0.25) is 0 Å². The van der Waals surface area contributed by atoms with Crippen LogP contribution in [0, 0.1) is 11.8 Å². The van der Waals surface area contributed by atoms with Crippen LogP contribution in [0.15, 0.2) is 0 Å². The summed E-state index contributed by atoms with van der Waals surface area (Å²) in [6.07, 6.45) is 10.9. The molecular formula is C44H98N2O12Si4. The third-order valence-corrected chi connectivity index (χ3v) is 23.8. The smallest absolute Gasteiger partial charge is 0.374 e. The summed E-state index contributed by atoms with van der Waals surface area (Å²) in [5, 5.41) is 8.00. The molecule has 2 N–H and O–H groups in total. The van der Waals surface area contributed by atoms with Crippen LogP contribution in [-0.2, 0) is 53.1 Å². The monoisotopic (exact) mass is 959 g/mol. The van der Waals surface area contributed by atoms with Crippen LogP contribution in [0.3, 0.4) is 0 Å². The first kappa shape index (κ1) is 60.3. The maximum Gasteiger partial charge on any atom is 0.500 e. The molecule has 62 heavy (non-hydrogen) atoms. The molecule has 1 aliphatic carbocycles. The molecule has 0 aromatic carbocycles. The standard InChI is InChI=1S/C44H98N2O12Si4/c1-13-47-59(48-14-2,49-15-3)34-26-32-45-43(30-36-61(53-19-7,54-20-8)55-21-9)39-41-28-25-29-42(38-41)40-44(31-37-62(56-22-10,57-23-11)58-24-12)46-33-27-35-60(50-16-4,51-17-5)52-18-6/h41-46H,13-40H2,1-12H3. The van der Waals surface area contributed by atoms with Crippen LogP contribution in [0.5, 0.6) is 0 Å². The fourth-order valence-electron chi connectivity index (χ4n) is 9.17. The molecule has 372 valence electrons. The highest BCUT2D eigenvalue weighted by Crippen LogP contribution is 2.36. The first-order valence-electron chi connectivity index (χ1n) is 25.2. The van der Waals surface area contributed by atoms with Gasteiger partial charge in [0.05, 0.1) is 0 Å². The van der Waals surface area contributed by atoms with Crippen LogP contribution in [0.25, 0.3) is 0 Å². The van der Waals surface area contributed by atoms with Gasteiger partial charge in [-0.15, -0.1) is 0 Å². The average Bonchev–Trinajstić information content (AvgIpc) is 3.23. The zero-order valence-corrected chi connectivity index (χ0v) is 46.0. The van der Waals surface area contributed by atoms with Crippen molar-refractivity contribution in [3.8, 4) is 0 Å². The van der Waals surface area contributed by atoms with Gasteiger partial charge in [0.15, 0.2) is 0 Å². The Kier molecular flexibility index (Phi) is 35.4. The Morgan fingerprint density at radius 3 is 0.855 bits per heavy atom. The van der Waals surface area contributed by atoms with Gasteiger partial charge in [-0.2, -0.15) is 0 Å². The molecule has 0 aromatic rings. The van der Waals surface area contributed by atoms with Gasteiger partial charge < -0.3 is 63.7 Å². The number of hydrogen-bond donors (Lipinski definition) is 2. The predicted molar refractivity (Wildman–Crippen MR) is 258 cm³/mol. The van der Waals surface area contributed by atoms with E-state index in [1.165, 1.54) is 25.7 Å². The lowest BCUT2D eigenvalue weighted by molar-refractivity contribution is 0.0687. The zero-order valence-electron chi connectivity index (χ0n) is 42.0. The molecular weight excluding hydrogens is 861 g/mol. The SMILES string of the molecule is CCO[Si](CCCNC(CC[Si](OCC)(OCC)OCC)CC1CCCC(CC(CC[Si](OCC)(OCC)OCC)NCCC[Si](OCC)(OCC)OCC)C1)(OCC)OCC. The molecule has 18 heteroatoms. The Labute approximate surface area is 385 Å². The van der Waals surface area contributed by atoms with Crippen LogP contribution < -0.4 is 10.6 Å². The van der Waals surface area contributed by atoms with E-state index in [9.17, 15) is 0 Å². The average molecular weight is 960 g/mol. The van der Waals surface area contributed by atoms with Crippen LogP contribution in [0.2, 0.25) is 24.2 Å². The summed E-state index contributed by atoms with van der Waals surface area (Å²) >= 11 is 0. The highest BCUT2D eigenvalue weighted by molar-refractivity contribution is 6.61. The number of nitrogens with one attached hydrogen (secondary N) is 2. The van der Waals surface area contributed by atoms with Crippen molar-refractivity contribution >= 4 is 35.2 Å². The van der Waals surface area contributed by atoms with Crippen molar-refractivity contribution in [2.45, 2.75) is 184 Å². The third kappa shape index (κ3) is 23.9. The van der Waals surface area contributed by atoms with Gasteiger partial charge >= 0.3 is 35.2 Å². The summed E-state index contributed by atoms with van der Waals surface area (Å²) in [7, 11) is -11.0. The fraction of sp³-hybridized carbons (Fsp3) is 1.00. The minimum atomic E-state index is -2.80. The van der Waals surface area contributed by atoms with Crippen LogP contribution in [0.4, 0.5) is 0 Å². The Balaban J connectivity index is 3.28. The van der Waals surface area contributed by atoms with Gasteiger partial charge in [-0.25, -0.2) is 0 Å². The molecule has 4 unspecified atom stereocenters. The largest absolute Gasteiger partial charge is 0.500 e. The molecule has 0 radical (unpaired) electrons. The van der Waals surface area contributed by atoms with E-state index < -0.39 is 35.2 Å². The minimum Gasteiger partial charge on any atom is -0.374 e. The predicted octanol–water partition coefficient (Wildman–Crippen LogP) is 9.24. The topological polar surface area (TPSA) is 135 Å². The summed E-state index contributed by atoms with van der Waals surface area (Å²) < 4.78 is 75.1. The van der Waals surface area contributed by atoms with Crippen LogP contribution in [-0.4, -0.2) is 140 Å². The van der Waals surface area contributed by atoms with Crippen LogP contribution >= 0.6 is 0 Å². The van der Waals surface area contributed by atoms with Gasteiger partial charge in [-0.1, -0.05) is 19.3 Å². The molecule has 0 aromatic heterocycles.